The van der Waals surface area contributed by atoms with Gasteiger partial charge >= 0.3 is 0 Å². The van der Waals surface area contributed by atoms with Crippen LogP contribution in [0.1, 0.15) is 18.3 Å². The molecule has 0 amide bonds. The Morgan fingerprint density at radius 2 is 2.18 bits per heavy atom. The molecule has 0 unspecified atom stereocenters. The van der Waals surface area contributed by atoms with Crippen LogP contribution in [-0.2, 0) is 6.54 Å². The molecule has 0 fully saturated rings. The topological polar surface area (TPSA) is 86.0 Å². The van der Waals surface area contributed by atoms with Crippen molar-refractivity contribution in [3.8, 4) is 5.75 Å². The molecule has 0 saturated heterocycles. The van der Waals surface area contributed by atoms with Crippen molar-refractivity contribution in [1.29, 1.82) is 0 Å². The quantitative estimate of drug-likeness (QED) is 0.753. The Kier molecular flexibility index (Phi) is 4.06. The largest absolute Gasteiger partial charge is 0.494 e. The van der Waals surface area contributed by atoms with E-state index < -0.39 is 0 Å². The molecule has 7 heteroatoms. The van der Waals surface area contributed by atoms with Crippen LogP contribution < -0.4 is 15.8 Å². The van der Waals surface area contributed by atoms with E-state index in [0.717, 1.165) is 26.7 Å². The summed E-state index contributed by atoms with van der Waals surface area (Å²) >= 11 is 1.58. The molecule has 3 rings (SSSR count). The molecular weight excluding hydrogens is 298 g/mol. The molecule has 2 heterocycles. The summed E-state index contributed by atoms with van der Waals surface area (Å²) in [7, 11) is 0. The molecule has 0 atom stereocenters. The lowest BCUT2D eigenvalue weighted by molar-refractivity contribution is 0.341. The zero-order valence-corrected chi connectivity index (χ0v) is 13.3. The molecule has 2 aromatic heterocycles. The normalized spacial score (nSPS) is 10.8. The van der Waals surface area contributed by atoms with E-state index in [2.05, 4.69) is 20.3 Å². The predicted molar refractivity (Wildman–Crippen MR) is 89.3 cm³/mol. The summed E-state index contributed by atoms with van der Waals surface area (Å²) in [6, 6.07) is 5.90. The van der Waals surface area contributed by atoms with Crippen LogP contribution in [0.3, 0.4) is 0 Å². The van der Waals surface area contributed by atoms with Gasteiger partial charge in [-0.25, -0.2) is 15.0 Å². The second-order valence-corrected chi connectivity index (χ2v) is 5.79. The highest BCUT2D eigenvalue weighted by Gasteiger charge is 2.07. The molecule has 114 valence electrons. The van der Waals surface area contributed by atoms with Crippen LogP contribution >= 0.6 is 11.3 Å². The molecule has 0 radical (unpaired) electrons. The number of benzene rings is 1. The molecule has 0 aliphatic heterocycles. The Labute approximate surface area is 132 Å². The maximum absolute atomic E-state index is 5.89. The zero-order valence-electron chi connectivity index (χ0n) is 12.5. The number of nitrogens with two attached hydrogens (primary N) is 1. The first-order valence-electron chi connectivity index (χ1n) is 7.01. The predicted octanol–water partition coefficient (Wildman–Crippen LogP) is 2.99. The summed E-state index contributed by atoms with van der Waals surface area (Å²) in [4.78, 5) is 12.9. The van der Waals surface area contributed by atoms with Crippen LogP contribution in [0.4, 0.5) is 10.9 Å². The van der Waals surface area contributed by atoms with Crippen LogP contribution in [0.15, 0.2) is 24.4 Å². The van der Waals surface area contributed by atoms with Crippen LogP contribution in [0.2, 0.25) is 0 Å². The van der Waals surface area contributed by atoms with Gasteiger partial charge in [0.25, 0.3) is 0 Å². The number of aryl methyl sites for hydroxylation is 1. The first kappa shape index (κ1) is 14.5. The SMILES string of the molecule is CCOc1ccc2nc(NCc3cnc(C)nc3N)sc2c1. The van der Waals surface area contributed by atoms with E-state index in [9.17, 15) is 0 Å². The average Bonchev–Trinajstić information content (AvgIpc) is 2.89. The number of nitrogens with one attached hydrogen (secondary N) is 1. The Morgan fingerprint density at radius 3 is 2.95 bits per heavy atom. The second kappa shape index (κ2) is 6.15. The van der Waals surface area contributed by atoms with Crippen molar-refractivity contribution in [1.82, 2.24) is 15.0 Å². The van der Waals surface area contributed by atoms with Gasteiger partial charge in [0.2, 0.25) is 0 Å². The van der Waals surface area contributed by atoms with Crippen molar-refractivity contribution in [2.45, 2.75) is 20.4 Å². The van der Waals surface area contributed by atoms with E-state index in [1.165, 1.54) is 0 Å². The minimum atomic E-state index is 0.500. The van der Waals surface area contributed by atoms with E-state index in [-0.39, 0.29) is 0 Å². The summed E-state index contributed by atoms with van der Waals surface area (Å²) in [5, 5.41) is 4.11. The summed E-state index contributed by atoms with van der Waals surface area (Å²) in [5.41, 5.74) is 7.70. The van der Waals surface area contributed by atoms with Crippen LogP contribution in [-0.4, -0.2) is 21.6 Å². The third-order valence-corrected chi connectivity index (χ3v) is 4.10. The number of rotatable bonds is 5. The van der Waals surface area contributed by atoms with Gasteiger partial charge in [-0.3, -0.25) is 0 Å². The Balaban J connectivity index is 1.76. The third-order valence-electron chi connectivity index (χ3n) is 3.12. The smallest absolute Gasteiger partial charge is 0.184 e. The Morgan fingerprint density at radius 1 is 1.32 bits per heavy atom. The van der Waals surface area contributed by atoms with Gasteiger partial charge in [-0.1, -0.05) is 11.3 Å². The van der Waals surface area contributed by atoms with E-state index in [1.54, 1.807) is 17.5 Å². The minimum absolute atomic E-state index is 0.500. The minimum Gasteiger partial charge on any atom is -0.494 e. The lowest BCUT2D eigenvalue weighted by Gasteiger charge is -2.05. The van der Waals surface area contributed by atoms with Gasteiger partial charge < -0.3 is 15.8 Å². The molecule has 0 aliphatic rings. The van der Waals surface area contributed by atoms with Gasteiger partial charge in [0, 0.05) is 18.3 Å². The van der Waals surface area contributed by atoms with Gasteiger partial charge in [-0.15, -0.1) is 0 Å². The number of nitrogens with zero attached hydrogens (tertiary/aromatic N) is 3. The van der Waals surface area contributed by atoms with E-state index >= 15 is 0 Å². The van der Waals surface area contributed by atoms with Gasteiger partial charge in [-0.05, 0) is 32.0 Å². The summed E-state index contributed by atoms with van der Waals surface area (Å²) in [6.07, 6.45) is 1.74. The van der Waals surface area contributed by atoms with E-state index in [0.29, 0.717) is 24.8 Å². The first-order chi connectivity index (χ1) is 10.7. The molecule has 0 aliphatic carbocycles. The van der Waals surface area contributed by atoms with E-state index in [1.807, 2.05) is 32.0 Å². The fraction of sp³-hybridized carbons (Fsp3) is 0.267. The molecule has 22 heavy (non-hydrogen) atoms. The molecular formula is C15H17N5OS. The van der Waals surface area contributed by atoms with Gasteiger partial charge in [0.1, 0.15) is 17.4 Å². The summed E-state index contributed by atoms with van der Waals surface area (Å²) < 4.78 is 6.59. The molecule has 0 bridgehead atoms. The number of ether oxygens (including phenoxy) is 1. The number of hydrogen-bond acceptors (Lipinski definition) is 7. The standard InChI is InChI=1S/C15H17N5OS/c1-3-21-11-4-5-12-13(6-11)22-15(20-12)18-8-10-7-17-9(2)19-14(10)16/h4-7H,3,8H2,1-2H3,(H,18,20)(H2,16,17,19). The fourth-order valence-electron chi connectivity index (χ4n) is 2.06. The molecule has 6 nitrogen and oxygen atoms in total. The van der Waals surface area contributed by atoms with Crippen molar-refractivity contribution in [2.24, 2.45) is 0 Å². The Hall–Kier alpha value is -2.41. The van der Waals surface area contributed by atoms with Gasteiger partial charge in [0.15, 0.2) is 5.13 Å². The number of anilines is 2. The molecule has 3 N–H and O–H groups in total. The Bertz CT molecular complexity index is 802. The number of fused-ring (bicyclic) bond motifs is 1. The van der Waals surface area contributed by atoms with E-state index in [4.69, 9.17) is 10.5 Å². The highest BCUT2D eigenvalue weighted by Crippen LogP contribution is 2.29. The van der Waals surface area contributed by atoms with Crippen molar-refractivity contribution < 1.29 is 4.74 Å². The lowest BCUT2D eigenvalue weighted by Crippen LogP contribution is -2.06. The van der Waals surface area contributed by atoms with Gasteiger partial charge in [-0.2, -0.15) is 0 Å². The van der Waals surface area contributed by atoms with Crippen LogP contribution in [0.25, 0.3) is 10.2 Å². The highest BCUT2D eigenvalue weighted by molar-refractivity contribution is 7.22. The lowest BCUT2D eigenvalue weighted by atomic mass is 10.3. The maximum Gasteiger partial charge on any atom is 0.184 e. The third kappa shape index (κ3) is 3.09. The van der Waals surface area contributed by atoms with Crippen LogP contribution in [0, 0.1) is 6.92 Å². The average molecular weight is 315 g/mol. The zero-order chi connectivity index (χ0) is 15.5. The fourth-order valence-corrected chi connectivity index (χ4v) is 2.95. The maximum atomic E-state index is 5.89. The van der Waals surface area contributed by atoms with Crippen molar-refractivity contribution in [2.75, 3.05) is 17.7 Å². The number of hydrogen-bond donors (Lipinski definition) is 2. The molecule has 0 saturated carbocycles. The van der Waals surface area contributed by atoms with Gasteiger partial charge in [0.05, 0.1) is 16.8 Å². The monoisotopic (exact) mass is 315 g/mol. The highest BCUT2D eigenvalue weighted by atomic mass is 32.1. The summed E-state index contributed by atoms with van der Waals surface area (Å²) in [6.45, 7) is 4.99. The summed E-state index contributed by atoms with van der Waals surface area (Å²) in [5.74, 6) is 2.03. The first-order valence-corrected chi connectivity index (χ1v) is 7.82. The van der Waals surface area contributed by atoms with Crippen molar-refractivity contribution in [3.63, 3.8) is 0 Å². The van der Waals surface area contributed by atoms with Crippen molar-refractivity contribution in [3.05, 3.63) is 35.8 Å². The van der Waals surface area contributed by atoms with Crippen molar-refractivity contribution >= 4 is 32.5 Å². The molecule has 3 aromatic rings. The second-order valence-electron chi connectivity index (χ2n) is 4.76. The van der Waals surface area contributed by atoms with Crippen LogP contribution in [0.5, 0.6) is 5.75 Å². The number of nitrogen functional groups attached to an aromatic ring is 1. The molecule has 0 spiro atoms. The number of aromatic nitrogens is 3. The molecule has 1 aromatic carbocycles. The number of thiazole rings is 1.